The third-order valence-electron chi connectivity index (χ3n) is 3.77. The number of amides is 2. The normalized spacial score (nSPS) is 13.7. The Balaban J connectivity index is 2.17. The van der Waals surface area contributed by atoms with Gasteiger partial charge in [-0.1, -0.05) is 0 Å². The molecule has 2 rings (SSSR count). The van der Waals surface area contributed by atoms with Crippen molar-refractivity contribution in [2.24, 2.45) is 0 Å². The van der Waals surface area contributed by atoms with Crippen LogP contribution in [0.2, 0.25) is 0 Å². The van der Waals surface area contributed by atoms with Crippen molar-refractivity contribution in [3.8, 4) is 0 Å². The summed E-state index contributed by atoms with van der Waals surface area (Å²) in [7, 11) is 1.63. The summed E-state index contributed by atoms with van der Waals surface area (Å²) >= 11 is 0. The minimum absolute atomic E-state index is 0.0368. The van der Waals surface area contributed by atoms with E-state index in [9.17, 15) is 9.59 Å². The van der Waals surface area contributed by atoms with Crippen LogP contribution < -0.4 is 10.6 Å². The fraction of sp³-hybridized carbons (Fsp3) is 0.688. The summed E-state index contributed by atoms with van der Waals surface area (Å²) in [6.07, 6.45) is 3.54. The Bertz CT molecular complexity index is 566. The van der Waals surface area contributed by atoms with E-state index in [1.54, 1.807) is 7.11 Å². The van der Waals surface area contributed by atoms with Crippen LogP contribution in [0.15, 0.2) is 0 Å². The number of aromatic nitrogens is 2. The highest BCUT2D eigenvalue weighted by atomic mass is 16.5. The van der Waals surface area contributed by atoms with Gasteiger partial charge in [0.2, 0.25) is 0 Å². The summed E-state index contributed by atoms with van der Waals surface area (Å²) < 4.78 is 6.86. The first-order valence-corrected chi connectivity index (χ1v) is 8.22. The van der Waals surface area contributed by atoms with Crippen LogP contribution in [0, 0.1) is 0 Å². The third-order valence-corrected chi connectivity index (χ3v) is 3.77. The number of nitrogens with one attached hydrogen (secondary N) is 2. The molecule has 0 aromatic carbocycles. The molecule has 7 nitrogen and oxygen atoms in total. The molecular weight excluding hydrogens is 296 g/mol. The van der Waals surface area contributed by atoms with Gasteiger partial charge in [0.25, 0.3) is 11.8 Å². The van der Waals surface area contributed by atoms with Gasteiger partial charge < -0.3 is 19.9 Å². The summed E-state index contributed by atoms with van der Waals surface area (Å²) in [4.78, 5) is 29.0. The maximum atomic E-state index is 12.4. The molecule has 0 fully saturated rings. The van der Waals surface area contributed by atoms with Gasteiger partial charge in [-0.2, -0.15) is 0 Å². The Morgan fingerprint density at radius 1 is 1.30 bits per heavy atom. The van der Waals surface area contributed by atoms with Crippen LogP contribution in [0.1, 0.15) is 59.9 Å². The zero-order valence-electron chi connectivity index (χ0n) is 14.1. The average molecular weight is 322 g/mol. The van der Waals surface area contributed by atoms with Crippen molar-refractivity contribution in [3.63, 3.8) is 0 Å². The van der Waals surface area contributed by atoms with Crippen LogP contribution in [0.5, 0.6) is 0 Å². The van der Waals surface area contributed by atoms with Crippen molar-refractivity contribution in [2.75, 3.05) is 20.3 Å². The van der Waals surface area contributed by atoms with Crippen molar-refractivity contribution >= 4 is 11.8 Å². The number of nitrogens with zero attached hydrogens (tertiary/aromatic N) is 2. The highest BCUT2D eigenvalue weighted by molar-refractivity contribution is 5.97. The van der Waals surface area contributed by atoms with Crippen molar-refractivity contribution in [1.29, 1.82) is 0 Å². The van der Waals surface area contributed by atoms with Gasteiger partial charge in [0.1, 0.15) is 5.69 Å². The molecule has 1 aliphatic rings. The average Bonchev–Trinajstić information content (AvgIpc) is 2.90. The van der Waals surface area contributed by atoms with Crippen LogP contribution in [0.3, 0.4) is 0 Å². The van der Waals surface area contributed by atoms with E-state index in [0.717, 1.165) is 37.9 Å². The molecule has 2 heterocycles. The molecule has 2 N–H and O–H groups in total. The number of methoxy groups -OCH3 is 1. The molecule has 0 unspecified atom stereocenters. The SMILES string of the molecule is COCCCNC(=O)c1nc(C(=O)NC(C)C)c2n1CCCC2. The lowest BCUT2D eigenvalue weighted by Crippen LogP contribution is -2.31. The first kappa shape index (κ1) is 17.5. The molecule has 7 heteroatoms. The molecule has 1 aromatic rings. The minimum atomic E-state index is -0.229. The van der Waals surface area contributed by atoms with Gasteiger partial charge in [0.05, 0.1) is 5.69 Å². The van der Waals surface area contributed by atoms with Gasteiger partial charge in [0.15, 0.2) is 5.82 Å². The van der Waals surface area contributed by atoms with Crippen LogP contribution >= 0.6 is 0 Å². The van der Waals surface area contributed by atoms with Gasteiger partial charge in [-0.05, 0) is 39.5 Å². The number of imidazole rings is 1. The number of ether oxygens (including phenoxy) is 1. The van der Waals surface area contributed by atoms with Crippen LogP contribution in [0.25, 0.3) is 0 Å². The summed E-state index contributed by atoms with van der Waals surface area (Å²) in [6.45, 7) is 5.68. The molecule has 2 amide bonds. The second kappa shape index (κ2) is 8.10. The number of carbonyl (C=O) groups is 2. The Kier molecular flexibility index (Phi) is 6.15. The summed E-state index contributed by atoms with van der Waals surface area (Å²) in [6, 6.07) is 0.0368. The van der Waals surface area contributed by atoms with Gasteiger partial charge in [0, 0.05) is 32.8 Å². The van der Waals surface area contributed by atoms with Gasteiger partial charge in [-0.3, -0.25) is 9.59 Å². The number of carbonyl (C=O) groups excluding carboxylic acids is 2. The van der Waals surface area contributed by atoms with Crippen LogP contribution in [-0.2, 0) is 17.7 Å². The van der Waals surface area contributed by atoms with Crippen LogP contribution in [-0.4, -0.2) is 47.7 Å². The fourth-order valence-electron chi connectivity index (χ4n) is 2.73. The fourth-order valence-corrected chi connectivity index (χ4v) is 2.73. The lowest BCUT2D eigenvalue weighted by Gasteiger charge is -2.17. The number of fused-ring (bicyclic) bond motifs is 1. The van der Waals surface area contributed by atoms with E-state index in [2.05, 4.69) is 15.6 Å². The molecule has 1 aliphatic heterocycles. The van der Waals surface area contributed by atoms with Crippen molar-refractivity contribution < 1.29 is 14.3 Å². The van der Waals surface area contributed by atoms with E-state index in [1.807, 2.05) is 18.4 Å². The zero-order valence-corrected chi connectivity index (χ0v) is 14.1. The lowest BCUT2D eigenvalue weighted by atomic mass is 10.1. The molecule has 0 radical (unpaired) electrons. The number of hydrogen-bond donors (Lipinski definition) is 2. The van der Waals surface area contributed by atoms with Crippen molar-refractivity contribution in [2.45, 2.75) is 52.1 Å². The Hall–Kier alpha value is -1.89. The van der Waals surface area contributed by atoms with E-state index in [0.29, 0.717) is 24.7 Å². The quantitative estimate of drug-likeness (QED) is 0.737. The second-order valence-electron chi connectivity index (χ2n) is 6.07. The summed E-state index contributed by atoms with van der Waals surface area (Å²) in [5.74, 6) is -0.0945. The Morgan fingerprint density at radius 3 is 2.78 bits per heavy atom. The van der Waals surface area contributed by atoms with Crippen molar-refractivity contribution in [3.05, 3.63) is 17.2 Å². The molecule has 0 spiro atoms. The summed E-state index contributed by atoms with van der Waals surface area (Å²) in [5.41, 5.74) is 1.26. The lowest BCUT2D eigenvalue weighted by molar-refractivity contribution is 0.0932. The predicted octanol–water partition coefficient (Wildman–Crippen LogP) is 1.12. The standard InChI is InChI=1S/C16H26N4O3/c1-11(2)18-15(21)13-12-7-4-5-9-20(12)14(19-13)16(22)17-8-6-10-23-3/h11H,4-10H2,1-3H3,(H,17,22)(H,18,21). The minimum Gasteiger partial charge on any atom is -0.385 e. The highest BCUT2D eigenvalue weighted by Gasteiger charge is 2.27. The molecule has 23 heavy (non-hydrogen) atoms. The number of hydrogen-bond acceptors (Lipinski definition) is 4. The van der Waals surface area contributed by atoms with E-state index in [-0.39, 0.29) is 17.9 Å². The van der Waals surface area contributed by atoms with E-state index < -0.39 is 0 Å². The molecule has 0 saturated heterocycles. The molecule has 0 aliphatic carbocycles. The molecule has 0 bridgehead atoms. The smallest absolute Gasteiger partial charge is 0.287 e. The summed E-state index contributed by atoms with van der Waals surface area (Å²) in [5, 5.41) is 5.70. The highest BCUT2D eigenvalue weighted by Crippen LogP contribution is 2.21. The molecule has 1 aromatic heterocycles. The number of rotatable bonds is 7. The van der Waals surface area contributed by atoms with Gasteiger partial charge in [-0.15, -0.1) is 0 Å². The van der Waals surface area contributed by atoms with E-state index in [1.165, 1.54) is 0 Å². The Labute approximate surface area is 136 Å². The van der Waals surface area contributed by atoms with E-state index in [4.69, 9.17) is 4.74 Å². The monoisotopic (exact) mass is 322 g/mol. The molecule has 128 valence electrons. The van der Waals surface area contributed by atoms with Crippen molar-refractivity contribution in [1.82, 2.24) is 20.2 Å². The first-order valence-electron chi connectivity index (χ1n) is 8.22. The van der Waals surface area contributed by atoms with Gasteiger partial charge in [-0.25, -0.2) is 4.98 Å². The maximum absolute atomic E-state index is 12.4. The third kappa shape index (κ3) is 4.31. The van der Waals surface area contributed by atoms with E-state index >= 15 is 0 Å². The first-order chi connectivity index (χ1) is 11.0. The molecule has 0 saturated carbocycles. The zero-order chi connectivity index (χ0) is 16.8. The molecular formula is C16H26N4O3. The van der Waals surface area contributed by atoms with Gasteiger partial charge >= 0.3 is 0 Å². The molecule has 0 atom stereocenters. The predicted molar refractivity (Wildman–Crippen MR) is 86.6 cm³/mol. The Morgan fingerprint density at radius 2 is 2.09 bits per heavy atom. The maximum Gasteiger partial charge on any atom is 0.287 e. The second-order valence-corrected chi connectivity index (χ2v) is 6.07. The largest absolute Gasteiger partial charge is 0.385 e. The van der Waals surface area contributed by atoms with Crippen LogP contribution in [0.4, 0.5) is 0 Å². The topological polar surface area (TPSA) is 85.2 Å².